The van der Waals surface area contributed by atoms with Gasteiger partial charge in [0.25, 0.3) is 5.91 Å². The van der Waals surface area contributed by atoms with E-state index >= 15 is 0 Å². The van der Waals surface area contributed by atoms with Crippen LogP contribution in [0.5, 0.6) is 5.75 Å². The van der Waals surface area contributed by atoms with Gasteiger partial charge in [-0.1, -0.05) is 23.2 Å². The molecule has 0 aliphatic carbocycles. The Kier molecular flexibility index (Phi) is 7.99. The third-order valence-electron chi connectivity index (χ3n) is 3.20. The van der Waals surface area contributed by atoms with Crippen molar-refractivity contribution < 1.29 is 18.5 Å². The summed E-state index contributed by atoms with van der Waals surface area (Å²) in [5.41, 5.74) is 0.688. The Morgan fingerprint density at radius 2 is 1.96 bits per heavy atom. The Labute approximate surface area is 166 Å². The number of hydrogen-bond donors (Lipinski definition) is 1. The molecule has 0 aliphatic heterocycles. The van der Waals surface area contributed by atoms with Crippen molar-refractivity contribution in [2.24, 2.45) is 0 Å². The summed E-state index contributed by atoms with van der Waals surface area (Å²) in [6, 6.07) is 5.03. The summed E-state index contributed by atoms with van der Waals surface area (Å²) in [5.74, 6) is 0.138. The van der Waals surface area contributed by atoms with Gasteiger partial charge in [0.2, 0.25) is 0 Å². The molecule has 1 aromatic carbocycles. The molecule has 0 aliphatic rings. The summed E-state index contributed by atoms with van der Waals surface area (Å²) in [6.07, 6.45) is 2.61. The fraction of sp³-hybridized carbons (Fsp3) is 0.294. The van der Waals surface area contributed by atoms with Crippen LogP contribution in [-0.2, 0) is 8.92 Å². The number of nitrogens with one attached hydrogen (secondary N) is 1. The average molecular weight is 417 g/mol. The largest absolute Gasteiger partial charge is 0.487 e. The van der Waals surface area contributed by atoms with Gasteiger partial charge in [0.15, 0.2) is 0 Å². The maximum atomic E-state index is 12.6. The minimum atomic E-state index is -0.377. The van der Waals surface area contributed by atoms with Crippen LogP contribution in [-0.4, -0.2) is 37.8 Å². The number of halogens is 2. The molecule has 0 radical (unpaired) electrons. The van der Waals surface area contributed by atoms with Crippen molar-refractivity contribution in [1.82, 2.24) is 4.98 Å². The van der Waals surface area contributed by atoms with Gasteiger partial charge in [0.05, 0.1) is 34.3 Å². The van der Waals surface area contributed by atoms with Crippen molar-refractivity contribution in [2.45, 2.75) is 17.9 Å². The first-order chi connectivity index (χ1) is 12.5. The number of carbonyl (C=O) groups excluding carboxylic acids is 1. The van der Waals surface area contributed by atoms with E-state index < -0.39 is 0 Å². The summed E-state index contributed by atoms with van der Waals surface area (Å²) in [7, 11) is 3.15. The lowest BCUT2D eigenvalue weighted by molar-refractivity contribution is 0.0898. The van der Waals surface area contributed by atoms with Gasteiger partial charge in [-0.05, 0) is 25.1 Å². The number of aromatic nitrogens is 1. The lowest BCUT2D eigenvalue weighted by Crippen LogP contribution is -2.19. The zero-order valence-corrected chi connectivity index (χ0v) is 16.7. The minimum Gasteiger partial charge on any atom is -0.487 e. The fourth-order valence-corrected chi connectivity index (χ4v) is 3.05. The van der Waals surface area contributed by atoms with Gasteiger partial charge in [0, 0.05) is 37.1 Å². The van der Waals surface area contributed by atoms with Crippen molar-refractivity contribution in [2.75, 3.05) is 26.1 Å². The van der Waals surface area contributed by atoms with Crippen molar-refractivity contribution >= 4 is 46.8 Å². The molecule has 2 aromatic rings. The molecule has 0 bridgehead atoms. The SMILES string of the molecule is COCC(C)Oc1cc(C(=O)Nc2c(Cl)cncc2Cl)ccc1SOC. The lowest BCUT2D eigenvalue weighted by Gasteiger charge is -2.17. The van der Waals surface area contributed by atoms with E-state index in [4.69, 9.17) is 36.9 Å². The van der Waals surface area contributed by atoms with Gasteiger partial charge in [0.1, 0.15) is 11.9 Å². The van der Waals surface area contributed by atoms with Gasteiger partial charge >= 0.3 is 0 Å². The van der Waals surface area contributed by atoms with E-state index in [1.807, 2.05) is 6.92 Å². The second kappa shape index (κ2) is 9.99. The lowest BCUT2D eigenvalue weighted by atomic mass is 10.2. The number of anilines is 1. The summed E-state index contributed by atoms with van der Waals surface area (Å²) in [6.45, 7) is 2.28. The highest BCUT2D eigenvalue weighted by Gasteiger charge is 2.16. The summed E-state index contributed by atoms with van der Waals surface area (Å²) < 4.78 is 16.0. The van der Waals surface area contributed by atoms with E-state index in [9.17, 15) is 4.79 Å². The Morgan fingerprint density at radius 3 is 2.58 bits per heavy atom. The molecule has 0 spiro atoms. The van der Waals surface area contributed by atoms with Gasteiger partial charge in [-0.25, -0.2) is 0 Å². The van der Waals surface area contributed by atoms with Crippen LogP contribution in [0.1, 0.15) is 17.3 Å². The van der Waals surface area contributed by atoms with E-state index in [1.54, 1.807) is 32.4 Å². The second-order valence-electron chi connectivity index (χ2n) is 5.23. The molecule has 1 N–H and O–H groups in total. The van der Waals surface area contributed by atoms with Crippen molar-refractivity contribution in [3.8, 4) is 5.75 Å². The van der Waals surface area contributed by atoms with E-state index in [0.29, 0.717) is 23.6 Å². The molecule has 140 valence electrons. The maximum absolute atomic E-state index is 12.6. The van der Waals surface area contributed by atoms with Gasteiger partial charge in [-0.3, -0.25) is 9.78 Å². The number of hydrogen-bond acceptors (Lipinski definition) is 6. The predicted molar refractivity (Wildman–Crippen MR) is 103 cm³/mol. The minimum absolute atomic E-state index is 0.196. The number of carbonyl (C=O) groups is 1. The van der Waals surface area contributed by atoms with Gasteiger partial charge < -0.3 is 19.0 Å². The molecule has 1 heterocycles. The molecule has 26 heavy (non-hydrogen) atoms. The Hall–Kier alpha value is -1.51. The third kappa shape index (κ3) is 5.49. The highest BCUT2D eigenvalue weighted by Crippen LogP contribution is 2.33. The standard InChI is InChI=1S/C17H18Cl2N2O4S/c1-10(9-23-2)25-14-6-11(4-5-15(14)26-24-3)17(22)21-16-12(18)7-20-8-13(16)19/h4-8,10H,9H2,1-3H3,(H,20,21,22). The molecule has 1 unspecified atom stereocenters. The summed E-state index contributed by atoms with van der Waals surface area (Å²) in [5, 5.41) is 3.20. The van der Waals surface area contributed by atoms with E-state index in [0.717, 1.165) is 16.9 Å². The molecule has 0 fully saturated rings. The monoisotopic (exact) mass is 416 g/mol. The molecular formula is C17H18Cl2N2O4S. The van der Waals surface area contributed by atoms with Crippen LogP contribution >= 0.6 is 35.2 Å². The van der Waals surface area contributed by atoms with Crippen molar-refractivity contribution in [3.05, 3.63) is 46.2 Å². The number of pyridine rings is 1. The van der Waals surface area contributed by atoms with Crippen LogP contribution in [0.15, 0.2) is 35.5 Å². The second-order valence-corrected chi connectivity index (χ2v) is 6.98. The molecule has 1 aromatic heterocycles. The van der Waals surface area contributed by atoms with Crippen molar-refractivity contribution in [3.63, 3.8) is 0 Å². The van der Waals surface area contributed by atoms with Gasteiger partial charge in [-0.2, -0.15) is 0 Å². The number of ether oxygens (including phenoxy) is 2. The Morgan fingerprint density at radius 1 is 1.27 bits per heavy atom. The quantitative estimate of drug-likeness (QED) is 0.628. The van der Waals surface area contributed by atoms with Crippen LogP contribution in [0.2, 0.25) is 10.0 Å². The third-order valence-corrected chi connectivity index (χ3v) is 4.46. The number of benzene rings is 1. The molecular weight excluding hydrogens is 399 g/mol. The van der Waals surface area contributed by atoms with Crippen LogP contribution in [0.25, 0.3) is 0 Å². The van der Waals surface area contributed by atoms with Crippen molar-refractivity contribution in [1.29, 1.82) is 0 Å². The Bertz CT molecular complexity index is 756. The normalized spacial score (nSPS) is 11.9. The fourth-order valence-electron chi connectivity index (χ4n) is 2.10. The molecule has 0 saturated carbocycles. The number of methoxy groups -OCH3 is 1. The van der Waals surface area contributed by atoms with E-state index in [-0.39, 0.29) is 22.1 Å². The number of rotatable bonds is 8. The molecule has 0 saturated heterocycles. The average Bonchev–Trinajstić information content (AvgIpc) is 2.60. The van der Waals surface area contributed by atoms with E-state index in [2.05, 4.69) is 10.3 Å². The zero-order valence-electron chi connectivity index (χ0n) is 14.4. The highest BCUT2D eigenvalue weighted by molar-refractivity contribution is 7.94. The number of amides is 1. The first-order valence-corrected chi connectivity index (χ1v) is 9.06. The summed E-state index contributed by atoms with van der Waals surface area (Å²) >= 11 is 13.2. The molecule has 9 heteroatoms. The van der Waals surface area contributed by atoms with E-state index in [1.165, 1.54) is 12.4 Å². The first kappa shape index (κ1) is 20.8. The predicted octanol–water partition coefficient (Wildman–Crippen LogP) is 4.71. The van der Waals surface area contributed by atoms with Crippen LogP contribution < -0.4 is 10.1 Å². The molecule has 1 amide bonds. The highest BCUT2D eigenvalue weighted by atomic mass is 35.5. The number of nitrogens with zero attached hydrogens (tertiary/aromatic N) is 1. The van der Waals surface area contributed by atoms with Crippen LogP contribution in [0.4, 0.5) is 5.69 Å². The molecule has 2 rings (SSSR count). The maximum Gasteiger partial charge on any atom is 0.255 e. The first-order valence-electron chi connectivity index (χ1n) is 7.57. The van der Waals surface area contributed by atoms with Crippen LogP contribution in [0, 0.1) is 0 Å². The smallest absolute Gasteiger partial charge is 0.255 e. The zero-order chi connectivity index (χ0) is 19.1. The summed E-state index contributed by atoms with van der Waals surface area (Å²) in [4.78, 5) is 17.2. The van der Waals surface area contributed by atoms with Gasteiger partial charge in [-0.15, -0.1) is 0 Å². The topological polar surface area (TPSA) is 69.7 Å². The molecule has 6 nitrogen and oxygen atoms in total. The van der Waals surface area contributed by atoms with Crippen LogP contribution in [0.3, 0.4) is 0 Å². The molecule has 1 atom stereocenters. The Balaban J connectivity index is 2.26.